The lowest BCUT2D eigenvalue weighted by atomic mass is 10.1. The Morgan fingerprint density at radius 2 is 2.06 bits per heavy atom. The number of nitrogens with one attached hydrogen (secondary N) is 2. The number of benzene rings is 1. The number of H-pyrrole nitrogens is 1. The molecule has 0 saturated carbocycles. The molecule has 1 fully saturated rings. The smallest absolute Gasteiger partial charge is 0.253 e. The van der Waals surface area contributed by atoms with Gasteiger partial charge in [-0.2, -0.15) is 0 Å². The molecule has 1 atom stereocenters. The fraction of sp³-hybridized carbons (Fsp3) is 0.545. The number of thiocarbonyl (C=S) groups is 1. The number of fused-ring (bicyclic) bond motifs is 2. The van der Waals surface area contributed by atoms with E-state index in [2.05, 4.69) is 10.3 Å². The van der Waals surface area contributed by atoms with E-state index in [1.807, 2.05) is 23.1 Å². The molecule has 31 heavy (non-hydrogen) atoms. The summed E-state index contributed by atoms with van der Waals surface area (Å²) < 4.78 is 22.2. The Hall–Kier alpha value is -2.36. The zero-order valence-electron chi connectivity index (χ0n) is 17.8. The first-order valence-electron chi connectivity index (χ1n) is 10.7. The van der Waals surface area contributed by atoms with E-state index in [1.165, 1.54) is 0 Å². The Balaban J connectivity index is 1.54. The van der Waals surface area contributed by atoms with E-state index in [4.69, 9.17) is 31.2 Å². The minimum atomic E-state index is -0.135. The highest BCUT2D eigenvalue weighted by Gasteiger charge is 2.22. The van der Waals surface area contributed by atoms with Crippen molar-refractivity contribution in [3.63, 3.8) is 0 Å². The molecule has 0 spiro atoms. The second kappa shape index (κ2) is 10.3. The second-order valence-corrected chi connectivity index (χ2v) is 8.19. The van der Waals surface area contributed by atoms with Crippen LogP contribution in [0.1, 0.15) is 24.8 Å². The van der Waals surface area contributed by atoms with Gasteiger partial charge in [-0.15, -0.1) is 0 Å². The lowest BCUT2D eigenvalue weighted by Crippen LogP contribution is -2.44. The van der Waals surface area contributed by atoms with Gasteiger partial charge in [-0.25, -0.2) is 0 Å². The van der Waals surface area contributed by atoms with Crippen LogP contribution >= 0.6 is 12.2 Å². The first-order valence-corrected chi connectivity index (χ1v) is 11.1. The largest absolute Gasteiger partial charge is 0.486 e. The van der Waals surface area contributed by atoms with Crippen LogP contribution in [0.2, 0.25) is 0 Å². The molecule has 2 N–H and O–H groups in total. The highest BCUT2D eigenvalue weighted by molar-refractivity contribution is 7.80. The molecule has 0 bridgehead atoms. The highest BCUT2D eigenvalue weighted by Crippen LogP contribution is 2.33. The molecule has 8 nitrogen and oxygen atoms in total. The monoisotopic (exact) mass is 447 g/mol. The van der Waals surface area contributed by atoms with Gasteiger partial charge in [0.15, 0.2) is 16.6 Å². The van der Waals surface area contributed by atoms with E-state index in [1.54, 1.807) is 7.11 Å². The topological polar surface area (TPSA) is 85.1 Å². The quantitative estimate of drug-likeness (QED) is 0.471. The predicted octanol–water partition coefficient (Wildman–Crippen LogP) is 2.19. The van der Waals surface area contributed by atoms with Gasteiger partial charge in [-0.05, 0) is 43.6 Å². The van der Waals surface area contributed by atoms with Crippen molar-refractivity contribution in [3.05, 3.63) is 34.1 Å². The van der Waals surface area contributed by atoms with E-state index in [-0.39, 0.29) is 11.7 Å². The van der Waals surface area contributed by atoms with Gasteiger partial charge in [0.1, 0.15) is 13.2 Å². The Morgan fingerprint density at radius 3 is 2.81 bits per heavy atom. The molecular weight excluding hydrogens is 418 g/mol. The van der Waals surface area contributed by atoms with Crippen molar-refractivity contribution in [1.82, 2.24) is 15.2 Å². The third kappa shape index (κ3) is 5.47. The first kappa shape index (κ1) is 21.9. The second-order valence-electron chi connectivity index (χ2n) is 7.80. The van der Waals surface area contributed by atoms with Crippen molar-refractivity contribution in [2.75, 3.05) is 46.6 Å². The Kier molecular flexibility index (Phi) is 7.26. The molecule has 168 valence electrons. The van der Waals surface area contributed by atoms with Crippen molar-refractivity contribution >= 4 is 28.2 Å². The molecule has 1 aromatic heterocycles. The van der Waals surface area contributed by atoms with Crippen LogP contribution < -0.4 is 20.3 Å². The number of hydrogen-bond donors (Lipinski definition) is 2. The van der Waals surface area contributed by atoms with Crippen LogP contribution in [0.5, 0.6) is 11.5 Å². The van der Waals surface area contributed by atoms with Gasteiger partial charge in [0.25, 0.3) is 5.56 Å². The summed E-state index contributed by atoms with van der Waals surface area (Å²) in [6, 6.07) is 5.64. The average molecular weight is 448 g/mol. The van der Waals surface area contributed by atoms with Crippen LogP contribution in [-0.4, -0.2) is 67.7 Å². The van der Waals surface area contributed by atoms with Gasteiger partial charge in [0.05, 0.1) is 18.2 Å². The fourth-order valence-electron chi connectivity index (χ4n) is 3.89. The van der Waals surface area contributed by atoms with Crippen LogP contribution in [-0.2, 0) is 16.0 Å². The minimum absolute atomic E-state index is 0.121. The summed E-state index contributed by atoms with van der Waals surface area (Å²) in [6.45, 7) is 4.23. The van der Waals surface area contributed by atoms with Crippen molar-refractivity contribution in [3.8, 4) is 11.5 Å². The third-order valence-corrected chi connectivity index (χ3v) is 5.88. The summed E-state index contributed by atoms with van der Waals surface area (Å²) in [5.41, 5.74) is 1.23. The molecule has 4 rings (SSSR count). The number of methoxy groups -OCH3 is 1. The summed E-state index contributed by atoms with van der Waals surface area (Å²) >= 11 is 5.65. The van der Waals surface area contributed by atoms with Crippen molar-refractivity contribution < 1.29 is 18.9 Å². The van der Waals surface area contributed by atoms with E-state index in [9.17, 15) is 4.79 Å². The molecule has 0 amide bonds. The Labute approximate surface area is 186 Å². The molecule has 0 radical (unpaired) electrons. The number of ether oxygens (including phenoxy) is 4. The van der Waals surface area contributed by atoms with Gasteiger partial charge in [0, 0.05) is 50.4 Å². The van der Waals surface area contributed by atoms with Gasteiger partial charge in [-0.1, -0.05) is 0 Å². The summed E-state index contributed by atoms with van der Waals surface area (Å²) in [7, 11) is 1.68. The molecule has 3 heterocycles. The number of hydrogen-bond acceptors (Lipinski definition) is 6. The zero-order valence-corrected chi connectivity index (χ0v) is 18.6. The molecule has 2 aliphatic heterocycles. The molecule has 2 aliphatic rings. The molecule has 2 aromatic rings. The van der Waals surface area contributed by atoms with Crippen molar-refractivity contribution in [2.45, 2.75) is 31.9 Å². The molecule has 9 heteroatoms. The van der Waals surface area contributed by atoms with Crippen molar-refractivity contribution in [2.24, 2.45) is 0 Å². The molecule has 1 unspecified atom stereocenters. The normalized spacial score (nSPS) is 17.6. The summed E-state index contributed by atoms with van der Waals surface area (Å²) in [5.74, 6) is 1.35. The average Bonchev–Trinajstić information content (AvgIpc) is 3.28. The Bertz CT molecular complexity index is 974. The van der Waals surface area contributed by atoms with Crippen LogP contribution in [0.3, 0.4) is 0 Å². The standard InChI is InChI=1S/C22H29N3O5S/c1-27-6-3-5-23-22(31)25(14-17-4-2-7-28-17)13-16-10-15-11-19-20(30-9-8-29-19)12-18(15)24-21(16)26/h10-12,17H,2-9,13-14H2,1H3,(H,23,31)(H,24,26). The molecule has 0 aliphatic carbocycles. The lowest BCUT2D eigenvalue weighted by molar-refractivity contribution is 0.0896. The first-order chi connectivity index (χ1) is 15.1. The molecule has 1 saturated heterocycles. The number of rotatable bonds is 8. The van der Waals surface area contributed by atoms with Gasteiger partial charge in [-0.3, -0.25) is 4.79 Å². The minimum Gasteiger partial charge on any atom is -0.486 e. The van der Waals surface area contributed by atoms with E-state index < -0.39 is 0 Å². The molecular formula is C22H29N3O5S. The number of aromatic nitrogens is 1. The van der Waals surface area contributed by atoms with E-state index >= 15 is 0 Å². The van der Waals surface area contributed by atoms with Crippen LogP contribution in [0.15, 0.2) is 23.0 Å². The summed E-state index contributed by atoms with van der Waals surface area (Å²) in [5, 5.41) is 4.80. The summed E-state index contributed by atoms with van der Waals surface area (Å²) in [6.07, 6.45) is 3.03. The van der Waals surface area contributed by atoms with E-state index in [0.717, 1.165) is 36.8 Å². The number of pyridine rings is 1. The Morgan fingerprint density at radius 1 is 1.26 bits per heavy atom. The van der Waals surface area contributed by atoms with Gasteiger partial charge in [0.2, 0.25) is 0 Å². The number of aromatic amines is 1. The highest BCUT2D eigenvalue weighted by atomic mass is 32.1. The SMILES string of the molecule is COCCCNC(=S)N(Cc1cc2cc3c(cc2[nH]c1=O)OCCO3)CC1CCCO1. The maximum atomic E-state index is 12.8. The zero-order chi connectivity index (χ0) is 21.6. The maximum absolute atomic E-state index is 12.8. The van der Waals surface area contributed by atoms with E-state index in [0.29, 0.717) is 61.6 Å². The van der Waals surface area contributed by atoms with Crippen LogP contribution in [0.25, 0.3) is 10.9 Å². The predicted molar refractivity (Wildman–Crippen MR) is 122 cm³/mol. The fourth-order valence-corrected chi connectivity index (χ4v) is 4.13. The molecule has 1 aromatic carbocycles. The summed E-state index contributed by atoms with van der Waals surface area (Å²) in [4.78, 5) is 17.8. The maximum Gasteiger partial charge on any atom is 0.253 e. The number of nitrogens with zero attached hydrogens (tertiary/aromatic N) is 1. The lowest BCUT2D eigenvalue weighted by Gasteiger charge is -2.28. The van der Waals surface area contributed by atoms with Gasteiger partial charge < -0.3 is 34.1 Å². The van der Waals surface area contributed by atoms with Crippen LogP contribution in [0, 0.1) is 0 Å². The van der Waals surface area contributed by atoms with Crippen LogP contribution in [0.4, 0.5) is 0 Å². The van der Waals surface area contributed by atoms with Crippen molar-refractivity contribution in [1.29, 1.82) is 0 Å². The van der Waals surface area contributed by atoms with Gasteiger partial charge >= 0.3 is 0 Å². The third-order valence-electron chi connectivity index (χ3n) is 5.48.